The van der Waals surface area contributed by atoms with Crippen LogP contribution in [0.25, 0.3) is 10.9 Å². The molecule has 2 N–H and O–H groups in total. The Morgan fingerprint density at radius 2 is 2.08 bits per heavy atom. The average molecular weight is 388 g/mol. The van der Waals surface area contributed by atoms with Crippen molar-refractivity contribution in [3.05, 3.63) is 58.5 Å². The number of rotatable bonds is 6. The van der Waals surface area contributed by atoms with Crippen molar-refractivity contribution in [2.24, 2.45) is 0 Å². The Balaban J connectivity index is 1.48. The quantitative estimate of drug-likeness (QED) is 0.623. The molecule has 124 valence electrons. The maximum Gasteiger partial charge on any atom is 0.287 e. The van der Waals surface area contributed by atoms with Gasteiger partial charge in [0, 0.05) is 28.5 Å². The number of pyridine rings is 1. The third-order valence-corrected chi connectivity index (χ3v) is 4.32. The summed E-state index contributed by atoms with van der Waals surface area (Å²) in [5.41, 5.74) is 1.78. The molecule has 0 spiro atoms. The summed E-state index contributed by atoms with van der Waals surface area (Å²) in [6.45, 7) is 3.15. The Labute approximate surface area is 148 Å². The first-order valence-corrected chi connectivity index (χ1v) is 8.56. The number of anilines is 1. The molecule has 1 amide bonds. The second-order valence-corrected chi connectivity index (χ2v) is 6.33. The summed E-state index contributed by atoms with van der Waals surface area (Å²) in [7, 11) is 0. The van der Waals surface area contributed by atoms with Crippen molar-refractivity contribution >= 4 is 38.6 Å². The van der Waals surface area contributed by atoms with Crippen LogP contribution >= 0.6 is 15.9 Å². The predicted molar refractivity (Wildman–Crippen MR) is 98.3 cm³/mol. The third kappa shape index (κ3) is 3.76. The molecule has 0 radical (unpaired) electrons. The number of halogens is 1. The highest BCUT2D eigenvalue weighted by atomic mass is 79.9. The standard InChI is InChI=1S/C18H18BrN3O2/c1-12-8-11-24-17(12)18(23)21-10-3-9-20-15-7-6-13-4-2-5-14(19)16(13)22-15/h2,4-8,11H,3,9-10H2,1H3,(H,20,22)(H,21,23). The second kappa shape index (κ2) is 7.49. The van der Waals surface area contributed by atoms with Crippen molar-refractivity contribution in [3.63, 3.8) is 0 Å². The number of hydrogen-bond donors (Lipinski definition) is 2. The lowest BCUT2D eigenvalue weighted by Crippen LogP contribution is -2.26. The molecule has 0 aliphatic carbocycles. The minimum atomic E-state index is -0.176. The molecule has 3 rings (SSSR count). The lowest BCUT2D eigenvalue weighted by atomic mass is 10.2. The Morgan fingerprint density at radius 1 is 1.21 bits per heavy atom. The van der Waals surface area contributed by atoms with Crippen molar-refractivity contribution in [1.29, 1.82) is 0 Å². The topological polar surface area (TPSA) is 67.2 Å². The first kappa shape index (κ1) is 16.5. The van der Waals surface area contributed by atoms with Gasteiger partial charge in [0.2, 0.25) is 0 Å². The van der Waals surface area contributed by atoms with Crippen molar-refractivity contribution in [2.45, 2.75) is 13.3 Å². The Hall–Kier alpha value is -2.34. The molecule has 24 heavy (non-hydrogen) atoms. The van der Waals surface area contributed by atoms with Gasteiger partial charge in [0.15, 0.2) is 5.76 Å². The van der Waals surface area contributed by atoms with Crippen LogP contribution in [0.5, 0.6) is 0 Å². The zero-order valence-electron chi connectivity index (χ0n) is 13.3. The fourth-order valence-corrected chi connectivity index (χ4v) is 2.87. The van der Waals surface area contributed by atoms with Crippen LogP contribution in [0.4, 0.5) is 5.82 Å². The first-order valence-electron chi connectivity index (χ1n) is 7.76. The molecule has 2 heterocycles. The number of carbonyl (C=O) groups is 1. The van der Waals surface area contributed by atoms with Gasteiger partial charge in [-0.1, -0.05) is 12.1 Å². The lowest BCUT2D eigenvalue weighted by Gasteiger charge is -2.08. The number of benzene rings is 1. The number of aryl methyl sites for hydroxylation is 1. The molecule has 0 fully saturated rings. The maximum absolute atomic E-state index is 11.9. The summed E-state index contributed by atoms with van der Waals surface area (Å²) in [6.07, 6.45) is 2.32. The Morgan fingerprint density at radius 3 is 2.88 bits per heavy atom. The fraction of sp³-hybridized carbons (Fsp3) is 0.222. The van der Waals surface area contributed by atoms with Gasteiger partial charge in [-0.25, -0.2) is 4.98 Å². The fourth-order valence-electron chi connectivity index (χ4n) is 2.40. The smallest absolute Gasteiger partial charge is 0.287 e. The summed E-state index contributed by atoms with van der Waals surface area (Å²) in [6, 6.07) is 11.8. The number of nitrogens with one attached hydrogen (secondary N) is 2. The molecular weight excluding hydrogens is 370 g/mol. The number of furan rings is 1. The molecule has 0 aliphatic heterocycles. The van der Waals surface area contributed by atoms with Crippen LogP contribution in [-0.2, 0) is 0 Å². The summed E-state index contributed by atoms with van der Waals surface area (Å²) < 4.78 is 6.14. The highest BCUT2D eigenvalue weighted by Gasteiger charge is 2.11. The summed E-state index contributed by atoms with van der Waals surface area (Å²) in [5.74, 6) is 1.02. The van der Waals surface area contributed by atoms with E-state index in [0.717, 1.165) is 39.7 Å². The van der Waals surface area contributed by atoms with Gasteiger partial charge in [0.05, 0.1) is 11.8 Å². The van der Waals surface area contributed by atoms with E-state index in [1.165, 1.54) is 6.26 Å². The van der Waals surface area contributed by atoms with Crippen LogP contribution in [0.3, 0.4) is 0 Å². The third-order valence-electron chi connectivity index (χ3n) is 3.68. The second-order valence-electron chi connectivity index (χ2n) is 5.48. The normalized spacial score (nSPS) is 10.8. The number of amides is 1. The number of hydrogen-bond acceptors (Lipinski definition) is 4. The molecule has 3 aromatic rings. The molecule has 0 saturated carbocycles. The Bertz CT molecular complexity index is 860. The molecule has 6 heteroatoms. The number of aromatic nitrogens is 1. The maximum atomic E-state index is 11.9. The molecule has 0 bridgehead atoms. The van der Waals surface area contributed by atoms with Gasteiger partial charge in [-0.05, 0) is 53.5 Å². The average Bonchev–Trinajstić information content (AvgIpc) is 3.01. The van der Waals surface area contributed by atoms with Gasteiger partial charge in [-0.3, -0.25) is 4.79 Å². The van der Waals surface area contributed by atoms with Gasteiger partial charge in [-0.2, -0.15) is 0 Å². The summed E-state index contributed by atoms with van der Waals surface area (Å²) in [5, 5.41) is 7.22. The molecule has 0 saturated heterocycles. The van der Waals surface area contributed by atoms with Crippen LogP contribution in [0.2, 0.25) is 0 Å². The number of carbonyl (C=O) groups excluding carboxylic acids is 1. The van der Waals surface area contributed by atoms with E-state index in [1.807, 2.05) is 37.3 Å². The monoisotopic (exact) mass is 387 g/mol. The molecule has 5 nitrogen and oxygen atoms in total. The largest absolute Gasteiger partial charge is 0.459 e. The minimum Gasteiger partial charge on any atom is -0.459 e. The van der Waals surface area contributed by atoms with Crippen LogP contribution in [0, 0.1) is 6.92 Å². The van der Waals surface area contributed by atoms with Crippen LogP contribution < -0.4 is 10.6 Å². The lowest BCUT2D eigenvalue weighted by molar-refractivity contribution is 0.0925. The van der Waals surface area contributed by atoms with Crippen molar-refractivity contribution in [1.82, 2.24) is 10.3 Å². The van der Waals surface area contributed by atoms with E-state index in [4.69, 9.17) is 4.42 Å². The van der Waals surface area contributed by atoms with E-state index in [-0.39, 0.29) is 5.91 Å². The molecule has 0 aliphatic rings. The van der Waals surface area contributed by atoms with Crippen molar-refractivity contribution < 1.29 is 9.21 Å². The molecule has 2 aromatic heterocycles. The zero-order chi connectivity index (χ0) is 16.9. The highest BCUT2D eigenvalue weighted by molar-refractivity contribution is 9.10. The van der Waals surface area contributed by atoms with E-state index < -0.39 is 0 Å². The Kier molecular flexibility index (Phi) is 5.15. The minimum absolute atomic E-state index is 0.176. The van der Waals surface area contributed by atoms with Gasteiger partial charge in [-0.15, -0.1) is 0 Å². The molecule has 0 unspecified atom stereocenters. The van der Waals surface area contributed by atoms with E-state index in [1.54, 1.807) is 6.07 Å². The van der Waals surface area contributed by atoms with E-state index in [2.05, 4.69) is 31.5 Å². The van der Waals surface area contributed by atoms with Gasteiger partial charge < -0.3 is 15.1 Å². The van der Waals surface area contributed by atoms with E-state index in [0.29, 0.717) is 12.3 Å². The van der Waals surface area contributed by atoms with E-state index in [9.17, 15) is 4.79 Å². The van der Waals surface area contributed by atoms with Gasteiger partial charge >= 0.3 is 0 Å². The number of nitrogens with zero attached hydrogens (tertiary/aromatic N) is 1. The SMILES string of the molecule is Cc1ccoc1C(=O)NCCCNc1ccc2cccc(Br)c2n1. The molecule has 0 atom stereocenters. The van der Waals surface area contributed by atoms with Crippen molar-refractivity contribution in [3.8, 4) is 0 Å². The van der Waals surface area contributed by atoms with Crippen molar-refractivity contribution in [2.75, 3.05) is 18.4 Å². The first-order chi connectivity index (χ1) is 11.6. The number of fused-ring (bicyclic) bond motifs is 1. The van der Waals surface area contributed by atoms with Gasteiger partial charge in [0.1, 0.15) is 5.82 Å². The summed E-state index contributed by atoms with van der Waals surface area (Å²) >= 11 is 3.52. The molecular formula is C18H18BrN3O2. The van der Waals surface area contributed by atoms with Crippen LogP contribution in [0.15, 0.2) is 51.6 Å². The van der Waals surface area contributed by atoms with Gasteiger partial charge in [0.25, 0.3) is 5.91 Å². The number of para-hydroxylation sites is 1. The highest BCUT2D eigenvalue weighted by Crippen LogP contribution is 2.23. The zero-order valence-corrected chi connectivity index (χ0v) is 14.9. The van der Waals surface area contributed by atoms with Crippen LogP contribution in [-0.4, -0.2) is 24.0 Å². The molecule has 1 aromatic carbocycles. The predicted octanol–water partition coefficient (Wildman–Crippen LogP) is 4.13. The van der Waals surface area contributed by atoms with Crippen LogP contribution in [0.1, 0.15) is 22.5 Å². The summed E-state index contributed by atoms with van der Waals surface area (Å²) in [4.78, 5) is 16.5. The van der Waals surface area contributed by atoms with E-state index >= 15 is 0 Å².